The molecule has 1 aromatic rings. The van der Waals surface area contributed by atoms with E-state index in [1.165, 1.54) is 4.90 Å². The van der Waals surface area contributed by atoms with Crippen LogP contribution in [-0.4, -0.2) is 72.3 Å². The second-order valence-corrected chi connectivity index (χ2v) is 6.18. The van der Waals surface area contributed by atoms with Gasteiger partial charge in [0.2, 0.25) is 0 Å². The molecule has 0 aromatic carbocycles. The Morgan fingerprint density at radius 3 is 2.76 bits per heavy atom. The van der Waals surface area contributed by atoms with Crippen LogP contribution in [0.25, 0.3) is 0 Å². The van der Waals surface area contributed by atoms with Crippen molar-refractivity contribution < 1.29 is 9.90 Å². The fourth-order valence-electron chi connectivity index (χ4n) is 2.37. The Morgan fingerprint density at radius 1 is 1.43 bits per heavy atom. The first-order chi connectivity index (χ1) is 10.1. The quantitative estimate of drug-likeness (QED) is 0.873. The van der Waals surface area contributed by atoms with Gasteiger partial charge in [-0.3, -0.25) is 4.90 Å². The van der Waals surface area contributed by atoms with Crippen molar-refractivity contribution in [3.63, 3.8) is 0 Å². The molecule has 1 saturated heterocycles. The summed E-state index contributed by atoms with van der Waals surface area (Å²) < 4.78 is 0.831. The van der Waals surface area contributed by atoms with Crippen LogP contribution in [0.5, 0.6) is 0 Å². The second kappa shape index (κ2) is 7.72. The Balaban J connectivity index is 1.85. The number of aromatic nitrogens is 1. The normalized spacial score (nSPS) is 16.9. The van der Waals surface area contributed by atoms with E-state index in [1.807, 2.05) is 0 Å². The molecule has 0 bridgehead atoms. The number of amides is 1. The Labute approximate surface area is 133 Å². The van der Waals surface area contributed by atoms with E-state index in [2.05, 4.69) is 37.8 Å². The average molecular weight is 357 g/mol. The summed E-state index contributed by atoms with van der Waals surface area (Å²) in [6.07, 6.45) is 1.46. The highest BCUT2D eigenvalue weighted by Gasteiger charge is 2.17. The molecule has 7 heteroatoms. The van der Waals surface area contributed by atoms with Crippen molar-refractivity contribution in [1.29, 1.82) is 0 Å². The van der Waals surface area contributed by atoms with Crippen molar-refractivity contribution in [2.24, 2.45) is 0 Å². The number of likely N-dealkylation sites (N-methyl/N-ethyl adjacent to an activating group) is 1. The van der Waals surface area contributed by atoms with E-state index in [4.69, 9.17) is 0 Å². The van der Waals surface area contributed by atoms with E-state index in [-0.39, 0.29) is 0 Å². The molecule has 21 heavy (non-hydrogen) atoms. The van der Waals surface area contributed by atoms with E-state index in [0.717, 1.165) is 43.6 Å². The topological polar surface area (TPSA) is 59.9 Å². The van der Waals surface area contributed by atoms with Gasteiger partial charge in [-0.05, 0) is 32.1 Å². The van der Waals surface area contributed by atoms with Crippen LogP contribution in [0.15, 0.2) is 22.8 Å². The van der Waals surface area contributed by atoms with Crippen LogP contribution in [0.2, 0.25) is 0 Å². The molecule has 1 aliphatic heterocycles. The number of piperazine rings is 1. The molecule has 0 unspecified atom stereocenters. The molecule has 0 atom stereocenters. The lowest BCUT2D eigenvalue weighted by atomic mass is 10.3. The first kappa shape index (κ1) is 16.2. The number of anilines is 1. The van der Waals surface area contributed by atoms with Crippen LogP contribution in [0.1, 0.15) is 6.42 Å². The summed E-state index contributed by atoms with van der Waals surface area (Å²) in [6, 6.07) is 3.51. The van der Waals surface area contributed by atoms with E-state index in [9.17, 15) is 9.90 Å². The monoisotopic (exact) mass is 356 g/mol. The van der Waals surface area contributed by atoms with Crippen molar-refractivity contribution in [2.75, 3.05) is 51.2 Å². The van der Waals surface area contributed by atoms with Gasteiger partial charge >= 0.3 is 6.09 Å². The maximum atomic E-state index is 11.4. The Kier molecular flexibility index (Phi) is 5.96. The molecule has 0 aliphatic carbocycles. The maximum Gasteiger partial charge on any atom is 0.413 e. The van der Waals surface area contributed by atoms with Gasteiger partial charge in [0.05, 0.1) is 0 Å². The minimum Gasteiger partial charge on any atom is -0.465 e. The van der Waals surface area contributed by atoms with Crippen LogP contribution in [-0.2, 0) is 0 Å². The molecule has 1 amide bonds. The molecular formula is C14H21BrN4O2. The van der Waals surface area contributed by atoms with Crippen LogP contribution < -0.4 is 4.90 Å². The molecule has 116 valence electrons. The number of carbonyl (C=O) groups is 1. The van der Waals surface area contributed by atoms with Gasteiger partial charge in [-0.2, -0.15) is 0 Å². The molecule has 0 radical (unpaired) electrons. The van der Waals surface area contributed by atoms with Crippen molar-refractivity contribution in [2.45, 2.75) is 6.42 Å². The Hall–Kier alpha value is -1.18. The van der Waals surface area contributed by atoms with Gasteiger partial charge < -0.3 is 14.9 Å². The van der Waals surface area contributed by atoms with E-state index >= 15 is 0 Å². The first-order valence-electron chi connectivity index (χ1n) is 7.09. The molecule has 0 saturated carbocycles. The van der Waals surface area contributed by atoms with Gasteiger partial charge in [0, 0.05) is 43.4 Å². The Bertz CT molecular complexity index is 478. The summed E-state index contributed by atoms with van der Waals surface area (Å²) >= 11 is 3.34. The molecule has 1 aliphatic rings. The third-order valence-corrected chi connectivity index (χ3v) is 4.16. The number of hydrogen-bond acceptors (Lipinski definition) is 4. The fraction of sp³-hybridized carbons (Fsp3) is 0.571. The van der Waals surface area contributed by atoms with Gasteiger partial charge in [0.15, 0.2) is 0 Å². The van der Waals surface area contributed by atoms with Gasteiger partial charge in [0.1, 0.15) is 5.82 Å². The number of halogens is 1. The minimum atomic E-state index is -0.959. The average Bonchev–Trinajstić information content (AvgIpc) is 2.45. The van der Waals surface area contributed by atoms with E-state index in [0.29, 0.717) is 12.4 Å². The van der Waals surface area contributed by atoms with Crippen LogP contribution in [0, 0.1) is 0 Å². The van der Waals surface area contributed by atoms with Crippen molar-refractivity contribution in [3.05, 3.63) is 22.8 Å². The highest BCUT2D eigenvalue weighted by molar-refractivity contribution is 9.10. The predicted octanol–water partition coefficient (Wildman–Crippen LogP) is 1.97. The third kappa shape index (κ3) is 4.94. The third-order valence-electron chi connectivity index (χ3n) is 3.67. The smallest absolute Gasteiger partial charge is 0.413 e. The van der Waals surface area contributed by atoms with E-state index < -0.39 is 6.09 Å². The van der Waals surface area contributed by atoms with Crippen LogP contribution >= 0.6 is 15.9 Å². The Morgan fingerprint density at radius 2 is 2.14 bits per heavy atom. The molecule has 6 nitrogen and oxygen atoms in total. The zero-order valence-electron chi connectivity index (χ0n) is 12.2. The number of hydrogen-bond donors (Lipinski definition) is 1. The zero-order chi connectivity index (χ0) is 15.2. The molecular weight excluding hydrogens is 336 g/mol. The zero-order valence-corrected chi connectivity index (χ0v) is 13.8. The highest BCUT2D eigenvalue weighted by atomic mass is 79.9. The first-order valence-corrected chi connectivity index (χ1v) is 7.88. The van der Waals surface area contributed by atoms with Gasteiger partial charge in [-0.25, -0.2) is 9.78 Å². The summed E-state index contributed by atoms with van der Waals surface area (Å²) in [4.78, 5) is 21.5. The summed E-state index contributed by atoms with van der Waals surface area (Å²) in [5, 5.41) is 9.34. The van der Waals surface area contributed by atoms with Crippen molar-refractivity contribution in [3.8, 4) is 0 Å². The standard InChI is InChI=1S/C14H21BrN4O2/c1-17-7-9-18(10-8-17)5-2-6-19(14(20)21)13-11-12(15)3-4-16-13/h3-4,11H,2,5-10H2,1H3,(H,20,21). The SMILES string of the molecule is CN1CCN(CCCN(C(=O)O)c2cc(Br)ccn2)CC1. The molecule has 0 spiro atoms. The molecule has 2 heterocycles. The summed E-state index contributed by atoms with van der Waals surface area (Å²) in [7, 11) is 2.13. The summed E-state index contributed by atoms with van der Waals surface area (Å²) in [6.45, 7) is 5.65. The number of carboxylic acid groups (broad SMARTS) is 1. The lowest BCUT2D eigenvalue weighted by molar-refractivity contribution is 0.153. The second-order valence-electron chi connectivity index (χ2n) is 5.26. The van der Waals surface area contributed by atoms with E-state index in [1.54, 1.807) is 18.3 Å². The van der Waals surface area contributed by atoms with Crippen molar-refractivity contribution >= 4 is 27.8 Å². The van der Waals surface area contributed by atoms with Gasteiger partial charge in [0.25, 0.3) is 0 Å². The number of pyridine rings is 1. The lowest BCUT2D eigenvalue weighted by Gasteiger charge is -2.32. The number of rotatable bonds is 5. The van der Waals surface area contributed by atoms with Gasteiger partial charge in [-0.1, -0.05) is 15.9 Å². The summed E-state index contributed by atoms with van der Waals surface area (Å²) in [5.74, 6) is 0.468. The van der Waals surface area contributed by atoms with Gasteiger partial charge in [-0.15, -0.1) is 0 Å². The summed E-state index contributed by atoms with van der Waals surface area (Å²) in [5.41, 5.74) is 0. The number of nitrogens with zero attached hydrogens (tertiary/aromatic N) is 4. The maximum absolute atomic E-state index is 11.4. The largest absolute Gasteiger partial charge is 0.465 e. The predicted molar refractivity (Wildman–Crippen MR) is 85.9 cm³/mol. The molecule has 1 aromatic heterocycles. The molecule has 1 N–H and O–H groups in total. The minimum absolute atomic E-state index is 0.463. The molecule has 1 fully saturated rings. The highest BCUT2D eigenvalue weighted by Crippen LogP contribution is 2.17. The van der Waals surface area contributed by atoms with Crippen LogP contribution in [0.3, 0.4) is 0 Å². The fourth-order valence-corrected chi connectivity index (χ4v) is 2.70. The van der Waals surface area contributed by atoms with Crippen molar-refractivity contribution in [1.82, 2.24) is 14.8 Å². The molecule has 2 rings (SSSR count). The lowest BCUT2D eigenvalue weighted by Crippen LogP contribution is -2.45. The van der Waals surface area contributed by atoms with Crippen LogP contribution in [0.4, 0.5) is 10.6 Å².